The van der Waals surface area contributed by atoms with E-state index in [0.717, 1.165) is 12.1 Å². The third kappa shape index (κ3) is 10.0. The molecule has 0 amide bonds. The van der Waals surface area contributed by atoms with Crippen molar-refractivity contribution < 1.29 is 27.8 Å². The molecule has 26 heavy (non-hydrogen) atoms. The van der Waals surface area contributed by atoms with Crippen LogP contribution >= 0.6 is 24.0 Å². The molecule has 0 saturated carbocycles. The molecule has 0 aliphatic heterocycles. The maximum Gasteiger partial charge on any atom is 0.573 e. The van der Waals surface area contributed by atoms with Gasteiger partial charge in [0.15, 0.2) is 5.96 Å². The molecule has 1 aromatic carbocycles. The summed E-state index contributed by atoms with van der Waals surface area (Å²) in [6.45, 7) is 5.02. The number of hydrogen-bond donors (Lipinski definition) is 3. The number of nitrogens with zero attached hydrogens (tertiary/aromatic N) is 1. The summed E-state index contributed by atoms with van der Waals surface area (Å²) in [4.78, 5) is 4.27. The summed E-state index contributed by atoms with van der Waals surface area (Å²) >= 11 is 0. The van der Waals surface area contributed by atoms with E-state index in [0.29, 0.717) is 24.7 Å². The Hall–Kier alpha value is -1.27. The van der Waals surface area contributed by atoms with Gasteiger partial charge in [0.25, 0.3) is 0 Å². The zero-order valence-electron chi connectivity index (χ0n) is 14.8. The monoisotopic (exact) mass is 491 g/mol. The van der Waals surface area contributed by atoms with Crippen molar-refractivity contribution in [3.63, 3.8) is 0 Å². The third-order valence-corrected chi connectivity index (χ3v) is 3.06. The van der Waals surface area contributed by atoms with Crippen molar-refractivity contribution in [3.05, 3.63) is 29.8 Å². The molecule has 0 bridgehead atoms. The molecule has 0 fully saturated rings. The second kappa shape index (κ2) is 12.2. The lowest BCUT2D eigenvalue weighted by Gasteiger charge is -2.18. The normalized spacial score (nSPS) is 14.2. The van der Waals surface area contributed by atoms with Crippen molar-refractivity contribution in [1.29, 1.82) is 0 Å². The number of aliphatic hydroxyl groups excluding tert-OH is 1. The molecule has 10 heteroatoms. The van der Waals surface area contributed by atoms with Crippen molar-refractivity contribution in [3.8, 4) is 5.75 Å². The molecule has 0 heterocycles. The Morgan fingerprint density at radius 3 is 2.38 bits per heavy atom. The Morgan fingerprint density at radius 2 is 1.88 bits per heavy atom. The first-order valence-electron chi connectivity index (χ1n) is 7.82. The molecule has 0 aromatic heterocycles. The zero-order chi connectivity index (χ0) is 18.9. The molecule has 6 nitrogen and oxygen atoms in total. The Bertz CT molecular complexity index is 542. The predicted molar refractivity (Wildman–Crippen MR) is 104 cm³/mol. The topological polar surface area (TPSA) is 75.1 Å². The highest BCUT2D eigenvalue weighted by molar-refractivity contribution is 14.0. The predicted octanol–water partition coefficient (Wildman–Crippen LogP) is 2.83. The van der Waals surface area contributed by atoms with Crippen molar-refractivity contribution in [2.45, 2.75) is 32.4 Å². The Labute approximate surface area is 168 Å². The van der Waals surface area contributed by atoms with Crippen LogP contribution in [0.2, 0.25) is 0 Å². The largest absolute Gasteiger partial charge is 0.573 e. The van der Waals surface area contributed by atoms with E-state index in [2.05, 4.69) is 20.4 Å². The summed E-state index contributed by atoms with van der Waals surface area (Å²) in [6.07, 6.45) is -5.69. The summed E-state index contributed by atoms with van der Waals surface area (Å²) in [5, 5.41) is 16.3. The van der Waals surface area contributed by atoms with Gasteiger partial charge in [0.2, 0.25) is 0 Å². The lowest BCUT2D eigenvalue weighted by molar-refractivity contribution is -0.274. The van der Waals surface area contributed by atoms with Crippen LogP contribution in [0.25, 0.3) is 0 Å². The smallest absolute Gasteiger partial charge is 0.406 e. The minimum atomic E-state index is -4.74. The van der Waals surface area contributed by atoms with Crippen LogP contribution in [-0.4, -0.2) is 50.3 Å². The van der Waals surface area contributed by atoms with Crippen molar-refractivity contribution >= 4 is 29.9 Å². The molecule has 2 atom stereocenters. The van der Waals surface area contributed by atoms with Gasteiger partial charge in [-0.1, -0.05) is 12.1 Å². The molecule has 0 radical (unpaired) electrons. The average Bonchev–Trinajstić information content (AvgIpc) is 2.52. The van der Waals surface area contributed by atoms with Gasteiger partial charge in [-0.2, -0.15) is 0 Å². The summed E-state index contributed by atoms with van der Waals surface area (Å²) in [7, 11) is 1.60. The van der Waals surface area contributed by atoms with Crippen LogP contribution in [0.5, 0.6) is 5.75 Å². The van der Waals surface area contributed by atoms with Gasteiger partial charge in [0.1, 0.15) is 5.75 Å². The van der Waals surface area contributed by atoms with Gasteiger partial charge >= 0.3 is 6.36 Å². The number of hydrogen-bond acceptors (Lipinski definition) is 4. The highest BCUT2D eigenvalue weighted by Gasteiger charge is 2.31. The van der Waals surface area contributed by atoms with E-state index in [1.165, 1.54) is 12.1 Å². The second-order valence-corrected chi connectivity index (χ2v) is 5.35. The number of benzene rings is 1. The first-order valence-corrected chi connectivity index (χ1v) is 7.82. The Kier molecular flexibility index (Phi) is 11.6. The molecule has 0 saturated heterocycles. The number of methoxy groups -OCH3 is 1. The van der Waals surface area contributed by atoms with Crippen LogP contribution in [0.15, 0.2) is 29.3 Å². The van der Waals surface area contributed by atoms with Crippen LogP contribution in [0.1, 0.15) is 25.5 Å². The summed E-state index contributed by atoms with van der Waals surface area (Å²) in [5.74, 6) is 0.179. The molecule has 3 N–H and O–H groups in total. The first-order chi connectivity index (χ1) is 11.7. The summed E-state index contributed by atoms with van der Waals surface area (Å²) < 4.78 is 45.2. The molecule has 0 aliphatic carbocycles. The van der Waals surface area contributed by atoms with Gasteiger partial charge in [0, 0.05) is 19.7 Å². The molecule has 150 valence electrons. The van der Waals surface area contributed by atoms with Crippen molar-refractivity contribution in [1.82, 2.24) is 10.6 Å². The number of aliphatic hydroxyl groups is 1. The van der Waals surface area contributed by atoms with Gasteiger partial charge in [-0.25, -0.2) is 0 Å². The van der Waals surface area contributed by atoms with E-state index in [1.807, 2.05) is 13.8 Å². The van der Waals surface area contributed by atoms with Gasteiger partial charge < -0.3 is 25.2 Å². The number of guanidine groups is 1. The van der Waals surface area contributed by atoms with E-state index < -0.39 is 12.5 Å². The highest BCUT2D eigenvalue weighted by atomic mass is 127. The Morgan fingerprint density at radius 1 is 1.27 bits per heavy atom. The van der Waals surface area contributed by atoms with Crippen molar-refractivity contribution in [2.24, 2.45) is 4.99 Å². The summed E-state index contributed by atoms with van der Waals surface area (Å²) in [6, 6.07) is 5.07. The number of alkyl halides is 3. The van der Waals surface area contributed by atoms with Gasteiger partial charge in [0.05, 0.1) is 19.3 Å². The lowest BCUT2D eigenvalue weighted by Crippen LogP contribution is -2.44. The van der Waals surface area contributed by atoms with Gasteiger partial charge in [-0.05, 0) is 31.5 Å². The molecule has 1 aromatic rings. The number of rotatable bonds is 8. The lowest BCUT2D eigenvalue weighted by atomic mass is 10.1. The zero-order valence-corrected chi connectivity index (χ0v) is 17.2. The van der Waals surface area contributed by atoms with E-state index in [1.54, 1.807) is 7.11 Å². The molecular weight excluding hydrogens is 466 g/mol. The molecule has 0 aliphatic rings. The van der Waals surface area contributed by atoms with E-state index >= 15 is 0 Å². The molecule has 1 rings (SSSR count). The molecule has 0 spiro atoms. The number of aliphatic imine (C=N–C) groups is 1. The van der Waals surface area contributed by atoms with Crippen molar-refractivity contribution in [2.75, 3.05) is 26.8 Å². The standard InChI is InChI=1S/C16H24F3N3O3.HI/c1-4-20-15(22-11(2)10-24-3)21-9-14(23)12-5-7-13(8-6-12)25-16(17,18)19;/h5-8,11,14,23H,4,9-10H2,1-3H3,(H2,20,21,22);1H. The van der Waals surface area contributed by atoms with E-state index in [9.17, 15) is 18.3 Å². The third-order valence-electron chi connectivity index (χ3n) is 3.06. The summed E-state index contributed by atoms with van der Waals surface area (Å²) in [5.41, 5.74) is 0.444. The fraction of sp³-hybridized carbons (Fsp3) is 0.562. The fourth-order valence-corrected chi connectivity index (χ4v) is 2.02. The van der Waals surface area contributed by atoms with E-state index in [4.69, 9.17) is 4.74 Å². The highest BCUT2D eigenvalue weighted by Crippen LogP contribution is 2.24. The number of nitrogens with one attached hydrogen (secondary N) is 2. The SMILES string of the molecule is CCNC(=NCC(O)c1ccc(OC(F)(F)F)cc1)NC(C)COC.I. The Balaban J connectivity index is 0.00000625. The molecular formula is C16H25F3IN3O3. The van der Waals surface area contributed by atoms with Crippen LogP contribution in [0.3, 0.4) is 0 Å². The first kappa shape index (κ1) is 24.7. The van der Waals surface area contributed by atoms with Crippen LogP contribution in [0.4, 0.5) is 13.2 Å². The average molecular weight is 491 g/mol. The van der Waals surface area contributed by atoms with Crippen LogP contribution < -0.4 is 15.4 Å². The van der Waals surface area contributed by atoms with Gasteiger partial charge in [-0.3, -0.25) is 4.99 Å². The van der Waals surface area contributed by atoms with Crippen LogP contribution in [-0.2, 0) is 4.74 Å². The number of ether oxygens (including phenoxy) is 2. The maximum absolute atomic E-state index is 12.1. The van der Waals surface area contributed by atoms with E-state index in [-0.39, 0.29) is 42.3 Å². The fourth-order valence-electron chi connectivity index (χ4n) is 2.02. The number of halogens is 4. The molecule has 2 unspecified atom stereocenters. The van der Waals surface area contributed by atoms with Gasteiger partial charge in [-0.15, -0.1) is 37.1 Å². The minimum absolute atomic E-state index is 0. The minimum Gasteiger partial charge on any atom is -0.406 e. The van der Waals surface area contributed by atoms with Crippen LogP contribution in [0, 0.1) is 0 Å². The quantitative estimate of drug-likeness (QED) is 0.297. The second-order valence-electron chi connectivity index (χ2n) is 5.35. The maximum atomic E-state index is 12.1.